The first-order chi connectivity index (χ1) is 16.4. The van der Waals surface area contributed by atoms with Crippen LogP contribution in [0.15, 0.2) is 72.8 Å². The number of ether oxygens (including phenoxy) is 1. The molecule has 0 aromatic heterocycles. The molecule has 3 aromatic rings. The van der Waals surface area contributed by atoms with Crippen LogP contribution in [0.1, 0.15) is 33.5 Å². The van der Waals surface area contributed by atoms with Gasteiger partial charge in [-0.3, -0.25) is 14.4 Å². The molecule has 0 fully saturated rings. The van der Waals surface area contributed by atoms with Crippen molar-refractivity contribution in [3.63, 3.8) is 0 Å². The molecule has 0 radical (unpaired) electrons. The highest BCUT2D eigenvalue weighted by Crippen LogP contribution is 2.23. The van der Waals surface area contributed by atoms with Gasteiger partial charge in [0.2, 0.25) is 5.91 Å². The number of ketones is 1. The molecule has 0 bridgehead atoms. The lowest BCUT2D eigenvalue weighted by Crippen LogP contribution is -2.17. The van der Waals surface area contributed by atoms with Gasteiger partial charge >= 0.3 is 5.97 Å². The van der Waals surface area contributed by atoms with Gasteiger partial charge in [-0.05, 0) is 30.7 Å². The third kappa shape index (κ3) is 8.02. The topological polar surface area (TPSA) is 102 Å². The van der Waals surface area contributed by atoms with Gasteiger partial charge in [-0.2, -0.15) is 0 Å². The van der Waals surface area contributed by atoms with Crippen molar-refractivity contribution in [3.8, 4) is 0 Å². The number of hydrogen-bond acceptors (Lipinski definition) is 6. The van der Waals surface area contributed by atoms with Gasteiger partial charge in [0.15, 0.2) is 5.78 Å². The third-order valence-electron chi connectivity index (χ3n) is 4.83. The van der Waals surface area contributed by atoms with Crippen molar-refractivity contribution in [2.45, 2.75) is 19.8 Å². The second-order valence-corrected chi connectivity index (χ2v) is 7.36. The first-order valence-electron chi connectivity index (χ1n) is 10.6. The zero-order valence-corrected chi connectivity index (χ0v) is 19.5. The van der Waals surface area contributed by atoms with E-state index in [1.165, 1.54) is 12.7 Å². The van der Waals surface area contributed by atoms with Crippen LogP contribution < -0.4 is 10.6 Å². The van der Waals surface area contributed by atoms with Crippen molar-refractivity contribution in [2.24, 2.45) is 0 Å². The smallest absolute Gasteiger partial charge is 0.315 e. The van der Waals surface area contributed by atoms with Gasteiger partial charge in [-0.15, -0.1) is 0 Å². The van der Waals surface area contributed by atoms with Gasteiger partial charge in [-0.1, -0.05) is 60.2 Å². The molecule has 34 heavy (non-hydrogen) atoms. The SMILES string of the molecule is CNc1ccc(NC(=O)CC(=O)OC)cc1C(=O)c1ccccc1.Cc1ccc(CC=O)cc1. The normalized spacial score (nSPS) is 9.74. The first kappa shape index (κ1) is 26.0. The molecule has 0 heterocycles. The average molecular weight is 461 g/mol. The number of methoxy groups -OCH3 is 1. The number of aryl methyl sites for hydroxylation is 1. The van der Waals surface area contributed by atoms with E-state index in [-0.39, 0.29) is 12.2 Å². The summed E-state index contributed by atoms with van der Waals surface area (Å²) < 4.78 is 4.45. The van der Waals surface area contributed by atoms with E-state index in [4.69, 9.17) is 0 Å². The highest BCUT2D eigenvalue weighted by Gasteiger charge is 2.15. The molecule has 0 aliphatic rings. The lowest BCUT2D eigenvalue weighted by molar-refractivity contribution is -0.142. The number of amides is 1. The summed E-state index contributed by atoms with van der Waals surface area (Å²) in [5.74, 6) is -1.29. The van der Waals surface area contributed by atoms with Crippen LogP contribution in [0.2, 0.25) is 0 Å². The van der Waals surface area contributed by atoms with Crippen LogP contribution in [0.3, 0.4) is 0 Å². The summed E-state index contributed by atoms with van der Waals surface area (Å²) in [6.45, 7) is 2.03. The van der Waals surface area contributed by atoms with E-state index < -0.39 is 11.9 Å². The number of anilines is 2. The molecule has 0 saturated carbocycles. The number of hydrogen-bond donors (Lipinski definition) is 2. The van der Waals surface area contributed by atoms with Gasteiger partial charge in [0.05, 0.1) is 7.11 Å². The van der Waals surface area contributed by atoms with Gasteiger partial charge < -0.3 is 20.2 Å². The Morgan fingerprint density at radius 3 is 2.21 bits per heavy atom. The summed E-state index contributed by atoms with van der Waals surface area (Å²) >= 11 is 0. The van der Waals surface area contributed by atoms with Crippen LogP contribution in [0.25, 0.3) is 0 Å². The second kappa shape index (κ2) is 13.3. The van der Waals surface area contributed by atoms with Gasteiger partial charge in [0.25, 0.3) is 0 Å². The van der Waals surface area contributed by atoms with E-state index in [1.54, 1.807) is 49.5 Å². The predicted octanol–water partition coefficient (Wildman–Crippen LogP) is 4.20. The molecule has 0 aliphatic carbocycles. The highest BCUT2D eigenvalue weighted by atomic mass is 16.5. The van der Waals surface area contributed by atoms with Crippen LogP contribution in [-0.4, -0.2) is 38.1 Å². The minimum absolute atomic E-state index is 0.163. The summed E-state index contributed by atoms with van der Waals surface area (Å²) in [7, 11) is 2.93. The summed E-state index contributed by atoms with van der Waals surface area (Å²) in [6.07, 6.45) is 1.07. The fraction of sp³-hybridized carbons (Fsp3) is 0.185. The Labute approximate surface area is 199 Å². The van der Waals surface area contributed by atoms with Crippen LogP contribution in [-0.2, 0) is 25.5 Å². The minimum Gasteiger partial charge on any atom is -0.469 e. The maximum atomic E-state index is 12.7. The van der Waals surface area contributed by atoms with E-state index in [2.05, 4.69) is 15.4 Å². The first-order valence-corrected chi connectivity index (χ1v) is 10.6. The predicted molar refractivity (Wildman–Crippen MR) is 132 cm³/mol. The zero-order chi connectivity index (χ0) is 24.9. The van der Waals surface area contributed by atoms with Crippen molar-refractivity contribution in [1.82, 2.24) is 0 Å². The highest BCUT2D eigenvalue weighted by molar-refractivity contribution is 6.13. The van der Waals surface area contributed by atoms with E-state index in [9.17, 15) is 19.2 Å². The lowest BCUT2D eigenvalue weighted by Gasteiger charge is -2.11. The summed E-state index contributed by atoms with van der Waals surface area (Å²) in [6, 6.07) is 21.8. The molecule has 7 heteroatoms. The van der Waals surface area contributed by atoms with E-state index >= 15 is 0 Å². The fourth-order valence-corrected chi connectivity index (χ4v) is 3.00. The molecular weight excluding hydrogens is 432 g/mol. The van der Waals surface area contributed by atoms with Crippen LogP contribution >= 0.6 is 0 Å². The van der Waals surface area contributed by atoms with Crippen molar-refractivity contribution >= 4 is 35.3 Å². The Balaban J connectivity index is 0.000000340. The molecule has 7 nitrogen and oxygen atoms in total. The maximum absolute atomic E-state index is 12.7. The van der Waals surface area contributed by atoms with Crippen LogP contribution in [0.4, 0.5) is 11.4 Å². The Morgan fingerprint density at radius 1 is 0.941 bits per heavy atom. The maximum Gasteiger partial charge on any atom is 0.315 e. The zero-order valence-electron chi connectivity index (χ0n) is 19.5. The number of carbonyl (C=O) groups excluding carboxylic acids is 4. The van der Waals surface area contributed by atoms with E-state index in [1.807, 2.05) is 37.3 Å². The van der Waals surface area contributed by atoms with Crippen LogP contribution in [0, 0.1) is 6.92 Å². The number of rotatable bonds is 8. The Kier molecular flexibility index (Phi) is 10.2. The second-order valence-electron chi connectivity index (χ2n) is 7.36. The number of aldehydes is 1. The van der Waals surface area contributed by atoms with Crippen molar-refractivity contribution < 1.29 is 23.9 Å². The van der Waals surface area contributed by atoms with Gasteiger partial charge in [0.1, 0.15) is 12.7 Å². The molecule has 1 amide bonds. The number of carbonyl (C=O) groups is 4. The largest absolute Gasteiger partial charge is 0.469 e. The number of nitrogens with one attached hydrogen (secondary N) is 2. The number of benzene rings is 3. The monoisotopic (exact) mass is 460 g/mol. The Morgan fingerprint density at radius 2 is 1.62 bits per heavy atom. The average Bonchev–Trinajstić information content (AvgIpc) is 2.86. The third-order valence-corrected chi connectivity index (χ3v) is 4.83. The molecule has 2 N–H and O–H groups in total. The minimum atomic E-state index is -0.625. The molecule has 0 spiro atoms. The number of esters is 1. The van der Waals surface area contributed by atoms with Crippen molar-refractivity contribution in [1.29, 1.82) is 0 Å². The molecule has 3 rings (SSSR count). The molecule has 0 unspecified atom stereocenters. The summed E-state index contributed by atoms with van der Waals surface area (Å²) in [4.78, 5) is 45.6. The van der Waals surface area contributed by atoms with E-state index in [0.717, 1.165) is 11.8 Å². The van der Waals surface area contributed by atoms with Gasteiger partial charge in [0, 0.05) is 36.0 Å². The Bertz CT molecular complexity index is 1130. The lowest BCUT2D eigenvalue weighted by atomic mass is 10.0. The van der Waals surface area contributed by atoms with Crippen LogP contribution in [0.5, 0.6) is 0 Å². The Hall–Kier alpha value is -4.26. The molecule has 0 aliphatic heterocycles. The van der Waals surface area contributed by atoms with Crippen molar-refractivity contribution in [3.05, 3.63) is 95.1 Å². The quantitative estimate of drug-likeness (QED) is 0.226. The van der Waals surface area contributed by atoms with E-state index in [0.29, 0.717) is 28.9 Å². The molecule has 176 valence electrons. The molecule has 0 saturated heterocycles. The molecular formula is C27H28N2O5. The molecule has 0 atom stereocenters. The van der Waals surface area contributed by atoms with Crippen molar-refractivity contribution in [2.75, 3.05) is 24.8 Å². The van der Waals surface area contributed by atoms with Gasteiger partial charge in [-0.25, -0.2) is 0 Å². The molecule has 3 aromatic carbocycles. The summed E-state index contributed by atoms with van der Waals surface area (Å²) in [5, 5.41) is 5.55. The standard InChI is InChI=1S/C18H18N2O4.C9H10O/c1-19-15-9-8-13(20-16(21)11-17(22)24-2)10-14(15)18(23)12-6-4-3-5-7-12;1-8-2-4-9(5-3-8)6-7-10/h3-10,19H,11H2,1-2H3,(H,20,21);2-5,7H,6H2,1H3. The fourth-order valence-electron chi connectivity index (χ4n) is 3.00. The summed E-state index contributed by atoms with van der Waals surface area (Å²) in [5.41, 5.74) is 4.37.